The molecule has 0 radical (unpaired) electrons. The number of rotatable bonds is 3. The first-order valence-electron chi connectivity index (χ1n) is 7.52. The van der Waals surface area contributed by atoms with Crippen molar-refractivity contribution in [1.82, 2.24) is 9.38 Å². The molecule has 0 amide bonds. The van der Waals surface area contributed by atoms with Crippen molar-refractivity contribution >= 4 is 17.2 Å². The van der Waals surface area contributed by atoms with E-state index < -0.39 is 0 Å². The predicted octanol–water partition coefficient (Wildman–Crippen LogP) is 5.49. The second kappa shape index (κ2) is 5.72. The summed E-state index contributed by atoms with van der Waals surface area (Å²) in [7, 11) is 0. The fourth-order valence-corrected chi connectivity index (χ4v) is 2.42. The van der Waals surface area contributed by atoms with Crippen molar-refractivity contribution in [3.63, 3.8) is 0 Å². The summed E-state index contributed by atoms with van der Waals surface area (Å²) in [6.45, 7) is 8.36. The molecule has 3 rings (SSSR count). The van der Waals surface area contributed by atoms with E-state index in [1.165, 1.54) is 5.56 Å². The van der Waals surface area contributed by atoms with Crippen molar-refractivity contribution < 1.29 is 0 Å². The monoisotopic (exact) mass is 292 g/mol. The van der Waals surface area contributed by atoms with Crippen molar-refractivity contribution in [2.75, 3.05) is 0 Å². The lowest BCUT2D eigenvalue weighted by atomic mass is 10.1. The third-order valence-corrected chi connectivity index (χ3v) is 3.68. The summed E-state index contributed by atoms with van der Waals surface area (Å²) in [6.07, 6.45) is 2.06. The van der Waals surface area contributed by atoms with Crippen molar-refractivity contribution in [2.24, 2.45) is 10.2 Å². The van der Waals surface area contributed by atoms with Crippen molar-refractivity contribution in [1.29, 1.82) is 0 Å². The number of fused-ring (bicyclic) bond motifs is 1. The summed E-state index contributed by atoms with van der Waals surface area (Å²) >= 11 is 0. The Morgan fingerprint density at radius 3 is 2.50 bits per heavy atom. The van der Waals surface area contributed by atoms with Crippen LogP contribution in [0.15, 0.2) is 52.8 Å². The van der Waals surface area contributed by atoms with Crippen LogP contribution in [0, 0.1) is 13.8 Å². The van der Waals surface area contributed by atoms with E-state index in [1.54, 1.807) is 0 Å². The molecule has 112 valence electrons. The van der Waals surface area contributed by atoms with Gasteiger partial charge in [-0.25, -0.2) is 4.98 Å². The Morgan fingerprint density at radius 1 is 1.00 bits per heavy atom. The van der Waals surface area contributed by atoms with E-state index in [-0.39, 0.29) is 0 Å². The quantitative estimate of drug-likeness (QED) is 0.588. The van der Waals surface area contributed by atoms with Crippen LogP contribution in [0.2, 0.25) is 0 Å². The number of azo groups is 1. The summed E-state index contributed by atoms with van der Waals surface area (Å²) in [6, 6.07) is 12.1. The molecule has 1 aromatic carbocycles. The smallest absolute Gasteiger partial charge is 0.183 e. The second-order valence-electron chi connectivity index (χ2n) is 5.90. The van der Waals surface area contributed by atoms with E-state index in [2.05, 4.69) is 43.3 Å². The zero-order chi connectivity index (χ0) is 15.7. The molecule has 22 heavy (non-hydrogen) atoms. The molecule has 0 saturated heterocycles. The maximum absolute atomic E-state index is 4.70. The van der Waals surface area contributed by atoms with Gasteiger partial charge in [-0.3, -0.25) is 4.40 Å². The maximum atomic E-state index is 4.70. The highest BCUT2D eigenvalue weighted by molar-refractivity contribution is 5.54. The number of aryl methyl sites for hydroxylation is 2. The molecule has 0 atom stereocenters. The topological polar surface area (TPSA) is 42.0 Å². The van der Waals surface area contributed by atoms with E-state index in [0.717, 1.165) is 28.4 Å². The molecule has 3 aromatic rings. The summed E-state index contributed by atoms with van der Waals surface area (Å²) in [5, 5.41) is 8.95. The van der Waals surface area contributed by atoms with Crippen LogP contribution < -0.4 is 0 Å². The normalized spacial score (nSPS) is 11.9. The zero-order valence-electron chi connectivity index (χ0n) is 13.4. The molecule has 0 aliphatic carbocycles. The molecule has 0 unspecified atom stereocenters. The van der Waals surface area contributed by atoms with Gasteiger partial charge in [0.1, 0.15) is 5.65 Å². The average Bonchev–Trinajstić information content (AvgIpc) is 2.84. The molecule has 0 bridgehead atoms. The molecule has 0 saturated carbocycles. The maximum Gasteiger partial charge on any atom is 0.183 e. The van der Waals surface area contributed by atoms with Crippen LogP contribution in [0.3, 0.4) is 0 Å². The van der Waals surface area contributed by atoms with Gasteiger partial charge in [0.15, 0.2) is 5.82 Å². The minimum Gasteiger partial charge on any atom is -0.283 e. The third-order valence-electron chi connectivity index (χ3n) is 3.68. The molecule has 4 nitrogen and oxygen atoms in total. The fourth-order valence-electron chi connectivity index (χ4n) is 2.42. The standard InChI is InChI=1S/C18H20N4/c1-12(2)17-18(21-20-15-8-6-5-7-14(15)4)22-11-13(3)9-10-16(22)19-17/h5-12H,1-4H3. The van der Waals surface area contributed by atoms with E-state index >= 15 is 0 Å². The molecule has 0 aliphatic heterocycles. The van der Waals surface area contributed by atoms with Crippen LogP contribution in [0.25, 0.3) is 5.65 Å². The Balaban J connectivity index is 2.14. The van der Waals surface area contributed by atoms with E-state index in [0.29, 0.717) is 5.92 Å². The summed E-state index contributed by atoms with van der Waals surface area (Å²) in [5.74, 6) is 1.11. The van der Waals surface area contributed by atoms with Crippen LogP contribution in [0.5, 0.6) is 0 Å². The number of pyridine rings is 1. The Hall–Kier alpha value is -2.49. The van der Waals surface area contributed by atoms with Gasteiger partial charge in [0, 0.05) is 6.20 Å². The minimum atomic E-state index is 0.297. The molecule has 0 spiro atoms. The number of imidazole rings is 1. The van der Waals surface area contributed by atoms with Crippen molar-refractivity contribution in [2.45, 2.75) is 33.6 Å². The molecule has 4 heteroatoms. The molecule has 2 aromatic heterocycles. The first kappa shape index (κ1) is 14.4. The fraction of sp³-hybridized carbons (Fsp3) is 0.278. The first-order chi connectivity index (χ1) is 10.6. The van der Waals surface area contributed by atoms with E-state index in [1.807, 2.05) is 41.7 Å². The lowest BCUT2D eigenvalue weighted by molar-refractivity contribution is 0.831. The van der Waals surface area contributed by atoms with E-state index in [9.17, 15) is 0 Å². The van der Waals surface area contributed by atoms with Crippen LogP contribution in [0.4, 0.5) is 11.5 Å². The largest absolute Gasteiger partial charge is 0.283 e. The molecule has 2 heterocycles. The van der Waals surface area contributed by atoms with Crippen molar-refractivity contribution in [3.8, 4) is 0 Å². The summed E-state index contributed by atoms with van der Waals surface area (Å²) in [4.78, 5) is 4.70. The average molecular weight is 292 g/mol. The molecule has 0 fully saturated rings. The van der Waals surface area contributed by atoms with Crippen LogP contribution in [0.1, 0.15) is 36.6 Å². The Bertz CT molecular complexity index is 843. The number of hydrogen-bond acceptors (Lipinski definition) is 3. The number of hydrogen-bond donors (Lipinski definition) is 0. The van der Waals surface area contributed by atoms with Gasteiger partial charge >= 0.3 is 0 Å². The first-order valence-corrected chi connectivity index (χ1v) is 7.52. The second-order valence-corrected chi connectivity index (χ2v) is 5.90. The molecule has 0 aliphatic rings. The van der Waals surface area contributed by atoms with Gasteiger partial charge in [-0.05, 0) is 43.0 Å². The van der Waals surface area contributed by atoms with Gasteiger partial charge < -0.3 is 0 Å². The van der Waals surface area contributed by atoms with Gasteiger partial charge in [0.2, 0.25) is 0 Å². The molecular weight excluding hydrogens is 272 g/mol. The highest BCUT2D eigenvalue weighted by Gasteiger charge is 2.15. The van der Waals surface area contributed by atoms with Crippen LogP contribution in [-0.2, 0) is 0 Å². The Morgan fingerprint density at radius 2 is 1.77 bits per heavy atom. The lowest BCUT2D eigenvalue weighted by Crippen LogP contribution is -1.88. The predicted molar refractivity (Wildman–Crippen MR) is 89.4 cm³/mol. The Kier molecular flexibility index (Phi) is 3.75. The highest BCUT2D eigenvalue weighted by Crippen LogP contribution is 2.30. The van der Waals surface area contributed by atoms with Gasteiger partial charge in [-0.2, -0.15) is 0 Å². The number of nitrogens with zero attached hydrogens (tertiary/aromatic N) is 4. The van der Waals surface area contributed by atoms with E-state index in [4.69, 9.17) is 4.98 Å². The number of benzene rings is 1. The summed E-state index contributed by atoms with van der Waals surface area (Å²) in [5.41, 5.74) is 5.06. The van der Waals surface area contributed by atoms with Gasteiger partial charge in [-0.15, -0.1) is 10.2 Å². The third kappa shape index (κ3) is 2.64. The highest BCUT2D eigenvalue weighted by atomic mass is 15.2. The van der Waals surface area contributed by atoms with Gasteiger partial charge in [0.25, 0.3) is 0 Å². The van der Waals surface area contributed by atoms with Gasteiger partial charge in [-0.1, -0.05) is 38.1 Å². The molecular formula is C18H20N4. The zero-order valence-corrected chi connectivity index (χ0v) is 13.4. The number of aromatic nitrogens is 2. The van der Waals surface area contributed by atoms with Crippen molar-refractivity contribution in [3.05, 3.63) is 59.4 Å². The van der Waals surface area contributed by atoms with Gasteiger partial charge in [0.05, 0.1) is 11.4 Å². The SMILES string of the molecule is Cc1ccc2nc(C(C)C)c(N=Nc3ccccc3C)n2c1. The minimum absolute atomic E-state index is 0.297. The van der Waals surface area contributed by atoms with Crippen LogP contribution >= 0.6 is 0 Å². The summed E-state index contributed by atoms with van der Waals surface area (Å²) < 4.78 is 2.02. The Labute approximate surface area is 130 Å². The lowest BCUT2D eigenvalue weighted by Gasteiger charge is -2.03. The molecule has 0 N–H and O–H groups in total. The van der Waals surface area contributed by atoms with Crippen LogP contribution in [-0.4, -0.2) is 9.38 Å².